The van der Waals surface area contributed by atoms with Crippen molar-refractivity contribution in [1.29, 1.82) is 0 Å². The fourth-order valence-electron chi connectivity index (χ4n) is 8.44. The predicted octanol–water partition coefficient (Wildman–Crippen LogP) is 19.2. The van der Waals surface area contributed by atoms with E-state index < -0.39 is 0 Å². The average Bonchev–Trinajstić information content (AvgIpc) is 3.70. The number of hydrogen-bond acceptors (Lipinski definition) is 5. The molecule has 5 heteroatoms. The summed E-state index contributed by atoms with van der Waals surface area (Å²) in [5.41, 5.74) is 0. The Labute approximate surface area is 404 Å². The minimum absolute atomic E-state index is 0.0271. The summed E-state index contributed by atoms with van der Waals surface area (Å²) < 4.78 is 6.12. The summed E-state index contributed by atoms with van der Waals surface area (Å²) in [5, 5.41) is 0. The minimum atomic E-state index is -0.0271. The Morgan fingerprint density at radius 2 is 0.828 bits per heavy atom. The van der Waals surface area contributed by atoms with Gasteiger partial charge in [0.25, 0.3) is 0 Å². The van der Waals surface area contributed by atoms with E-state index >= 15 is 0 Å². The minimum Gasteiger partial charge on any atom is -0.377 e. The maximum absolute atomic E-state index is 12.9. The monoisotopic (exact) mass is 908 g/mol. The lowest BCUT2D eigenvalue weighted by Crippen LogP contribution is -2.36. The number of nitrogens with zero attached hydrogens (tertiary/aromatic N) is 1. The lowest BCUT2D eigenvalue weighted by molar-refractivity contribution is -0.123. The molecule has 1 aliphatic heterocycles. The fraction of sp³-hybridized carbons (Fsp3) is 0.949. The van der Waals surface area contributed by atoms with Gasteiger partial charge in [0.1, 0.15) is 17.3 Å². The Kier molecular flexibility index (Phi) is 63.0. The third kappa shape index (κ3) is 55.3. The molecule has 0 saturated carbocycles. The number of hydrogen-bond donors (Lipinski definition) is 0. The largest absolute Gasteiger partial charge is 0.377 e. The molecule has 1 heterocycles. The molecule has 0 bridgehead atoms. The van der Waals surface area contributed by atoms with Crippen LogP contribution in [0, 0.1) is 11.8 Å². The Morgan fingerprint density at radius 1 is 0.469 bits per heavy atom. The van der Waals surface area contributed by atoms with Crippen LogP contribution in [0.5, 0.6) is 0 Å². The van der Waals surface area contributed by atoms with Gasteiger partial charge in [-0.1, -0.05) is 243 Å². The van der Waals surface area contributed by atoms with Gasteiger partial charge < -0.3 is 14.3 Å². The van der Waals surface area contributed by atoms with Crippen LogP contribution >= 0.6 is 0 Å². The van der Waals surface area contributed by atoms with Crippen LogP contribution in [0.4, 0.5) is 0 Å². The van der Waals surface area contributed by atoms with Crippen LogP contribution in [-0.2, 0) is 19.1 Å². The summed E-state index contributed by atoms with van der Waals surface area (Å²) in [7, 11) is 0. The summed E-state index contributed by atoms with van der Waals surface area (Å²) in [6.45, 7) is 29.9. The van der Waals surface area contributed by atoms with Gasteiger partial charge in [-0.3, -0.25) is 9.69 Å². The molecule has 5 nitrogen and oxygen atoms in total. The molecular formula is C59H121NO4. The molecule has 386 valence electrons. The van der Waals surface area contributed by atoms with Crippen LogP contribution in [0.15, 0.2) is 0 Å². The summed E-state index contributed by atoms with van der Waals surface area (Å²) in [5.74, 6) is 2.48. The van der Waals surface area contributed by atoms with Gasteiger partial charge in [0.2, 0.25) is 0 Å². The number of likely N-dealkylation sites (tertiary alicyclic amines) is 1. The molecule has 0 amide bonds. The van der Waals surface area contributed by atoms with Crippen molar-refractivity contribution in [2.45, 2.75) is 333 Å². The summed E-state index contributed by atoms with van der Waals surface area (Å²) in [4.78, 5) is 37.4. The maximum atomic E-state index is 12.9. The number of Topliss-reactive ketones (excluding diaryl/α,β-unsaturated/α-hetero) is 3. The van der Waals surface area contributed by atoms with E-state index in [1.807, 2.05) is 27.7 Å². The fourth-order valence-corrected chi connectivity index (χ4v) is 8.44. The maximum Gasteiger partial charge on any atom is 0.150 e. The number of rotatable bonds is 41. The molecule has 1 aliphatic rings. The number of carbonyl (C=O) groups excluding carboxylic acids is 3. The number of ether oxygens (including phenoxy) is 1. The van der Waals surface area contributed by atoms with Crippen LogP contribution in [0.3, 0.4) is 0 Å². The lowest BCUT2D eigenvalue weighted by atomic mass is 9.96. The zero-order valence-electron chi connectivity index (χ0n) is 46.5. The molecule has 0 aliphatic carbocycles. The van der Waals surface area contributed by atoms with Crippen LogP contribution in [0.2, 0.25) is 0 Å². The van der Waals surface area contributed by atoms with Gasteiger partial charge in [-0.05, 0) is 77.2 Å². The third-order valence-corrected chi connectivity index (χ3v) is 12.5. The Bertz CT molecular complexity index is 893. The molecule has 0 aromatic carbocycles. The molecule has 0 N–H and O–H groups in total. The normalized spacial score (nSPS) is 14.5. The van der Waals surface area contributed by atoms with E-state index in [0.717, 1.165) is 77.0 Å². The van der Waals surface area contributed by atoms with Gasteiger partial charge in [0, 0.05) is 32.4 Å². The first-order chi connectivity index (χ1) is 31.0. The van der Waals surface area contributed by atoms with Crippen LogP contribution in [-0.4, -0.2) is 54.1 Å². The van der Waals surface area contributed by atoms with E-state index in [1.54, 1.807) is 13.8 Å². The van der Waals surface area contributed by atoms with Crippen molar-refractivity contribution in [3.63, 3.8) is 0 Å². The molecule has 2 atom stereocenters. The van der Waals surface area contributed by atoms with E-state index in [2.05, 4.69) is 53.4 Å². The van der Waals surface area contributed by atoms with Crippen LogP contribution in [0.25, 0.3) is 0 Å². The van der Waals surface area contributed by atoms with Crippen molar-refractivity contribution in [1.82, 2.24) is 4.90 Å². The number of carbonyl (C=O) groups is 3. The summed E-state index contributed by atoms with van der Waals surface area (Å²) in [6.07, 6.45) is 45.5. The molecule has 1 fully saturated rings. The Hall–Kier alpha value is -1.07. The molecule has 0 radical (unpaired) electrons. The molecule has 0 aromatic heterocycles. The molecule has 0 aromatic rings. The van der Waals surface area contributed by atoms with Crippen LogP contribution < -0.4 is 0 Å². The Balaban J connectivity index is -0.000000449. The van der Waals surface area contributed by atoms with Gasteiger partial charge in [-0.25, -0.2) is 0 Å². The van der Waals surface area contributed by atoms with E-state index in [9.17, 15) is 14.4 Å². The summed E-state index contributed by atoms with van der Waals surface area (Å²) >= 11 is 0. The smallest absolute Gasteiger partial charge is 0.150 e. The first-order valence-electron chi connectivity index (χ1n) is 28.9. The van der Waals surface area contributed by atoms with Crippen molar-refractivity contribution in [2.75, 3.05) is 19.7 Å². The quantitative estimate of drug-likeness (QED) is 0.0572. The second kappa shape index (κ2) is 58.1. The molecule has 2 unspecified atom stereocenters. The molecule has 1 rings (SSSR count). The predicted molar refractivity (Wildman–Crippen MR) is 287 cm³/mol. The van der Waals surface area contributed by atoms with Crippen molar-refractivity contribution in [2.24, 2.45) is 11.8 Å². The standard InChI is InChI=1S/C25H45NO4.C18H38.C12H26.2C2H6/c1-20(2)12-11-17-30-23-18-24(25(29)15-9-5-7-13-21(3)27)26(19-23)16-10-6-8-14-22(4)28;1-4-6-8-10-12-14-16-18(3)17-15-13-11-9-7-5-2;1-3-5-7-9-11-12-10-8-6-4-2;2*1-2/h20,23-24H,5-19H2,1-4H3;18H,4-17H2,1-3H3;3-12H2,1-2H3;2*1-2H3. The van der Waals surface area contributed by atoms with E-state index in [-0.39, 0.29) is 23.7 Å². The summed E-state index contributed by atoms with van der Waals surface area (Å²) in [6, 6.07) is -0.0271. The molecule has 64 heavy (non-hydrogen) atoms. The average molecular weight is 909 g/mol. The van der Waals surface area contributed by atoms with Gasteiger partial charge in [0.05, 0.1) is 12.1 Å². The highest BCUT2D eigenvalue weighted by Crippen LogP contribution is 2.25. The van der Waals surface area contributed by atoms with Gasteiger partial charge in [-0.2, -0.15) is 0 Å². The van der Waals surface area contributed by atoms with Crippen molar-refractivity contribution < 1.29 is 19.1 Å². The highest BCUT2D eigenvalue weighted by molar-refractivity contribution is 5.84. The van der Waals surface area contributed by atoms with Crippen molar-refractivity contribution in [3.05, 3.63) is 0 Å². The number of unbranched alkanes of at least 4 members (excludes halogenated alkanes) is 23. The lowest BCUT2D eigenvalue weighted by Gasteiger charge is -2.23. The molecule has 0 spiro atoms. The van der Waals surface area contributed by atoms with Crippen molar-refractivity contribution in [3.8, 4) is 0 Å². The first kappa shape index (κ1) is 69.5. The highest BCUT2D eigenvalue weighted by atomic mass is 16.5. The second-order valence-electron chi connectivity index (χ2n) is 19.6. The van der Waals surface area contributed by atoms with Gasteiger partial charge >= 0.3 is 0 Å². The van der Waals surface area contributed by atoms with Gasteiger partial charge in [-0.15, -0.1) is 0 Å². The Morgan fingerprint density at radius 3 is 1.22 bits per heavy atom. The topological polar surface area (TPSA) is 63.7 Å². The van der Waals surface area contributed by atoms with E-state index in [0.29, 0.717) is 31.0 Å². The highest BCUT2D eigenvalue weighted by Gasteiger charge is 2.36. The van der Waals surface area contributed by atoms with Crippen molar-refractivity contribution >= 4 is 17.3 Å². The first-order valence-corrected chi connectivity index (χ1v) is 28.9. The van der Waals surface area contributed by atoms with Gasteiger partial charge in [0.15, 0.2) is 0 Å². The zero-order chi connectivity index (χ0) is 48.9. The zero-order valence-corrected chi connectivity index (χ0v) is 46.5. The van der Waals surface area contributed by atoms with E-state index in [1.165, 1.54) is 161 Å². The SMILES string of the molecule is CC.CC.CC(=O)CCCCCC(=O)C1CC(OCCCC(C)C)CN1CCCCCC(C)=O.CCCCCCCCC(C)CCCCCCCC.CCCCCCCCCCCC. The van der Waals surface area contributed by atoms with E-state index in [4.69, 9.17) is 4.74 Å². The number of ketones is 3. The third-order valence-electron chi connectivity index (χ3n) is 12.5. The molecule has 1 saturated heterocycles. The van der Waals surface area contributed by atoms with Crippen LogP contribution in [0.1, 0.15) is 321 Å². The second-order valence-corrected chi connectivity index (χ2v) is 19.6. The molecular weight excluding hydrogens is 787 g/mol.